The number of benzene rings is 1. The number of aliphatic hydroxyl groups excluding tert-OH is 1. The molecule has 1 rings (SSSR count). The van der Waals surface area contributed by atoms with Gasteiger partial charge in [0.1, 0.15) is 0 Å². The molecule has 1 aromatic carbocycles. The highest BCUT2D eigenvalue weighted by Gasteiger charge is 2.09. The molecule has 1 aromatic rings. The molecule has 13 heavy (non-hydrogen) atoms. The van der Waals surface area contributed by atoms with Crippen LogP contribution in [0.4, 0.5) is 0 Å². The minimum atomic E-state index is -0.499. The highest BCUT2D eigenvalue weighted by Crippen LogP contribution is 2.22. The molecule has 0 bridgehead atoms. The van der Waals surface area contributed by atoms with Gasteiger partial charge >= 0.3 is 0 Å². The van der Waals surface area contributed by atoms with Crippen LogP contribution in [0.3, 0.4) is 0 Å². The maximum Gasteiger partial charge on any atom is 0.0998 e. The van der Waals surface area contributed by atoms with E-state index in [2.05, 4.69) is 13.5 Å². The molecule has 1 heteroatoms. The zero-order valence-corrected chi connectivity index (χ0v) is 8.03. The fourth-order valence-electron chi connectivity index (χ4n) is 1.33. The van der Waals surface area contributed by atoms with E-state index in [1.807, 2.05) is 30.3 Å². The molecule has 0 unspecified atom stereocenters. The molecule has 0 saturated heterocycles. The van der Waals surface area contributed by atoms with E-state index in [9.17, 15) is 5.11 Å². The summed E-state index contributed by atoms with van der Waals surface area (Å²) in [5.41, 5.74) is 1.83. The largest absolute Gasteiger partial charge is 0.384 e. The second kappa shape index (κ2) is 4.83. The standard InChI is InChI=1S/C12H16O/c1-3-7-10(2)12(13)11-8-5-4-6-9-11/h4-6,8-9,12-13H,2-3,7H2,1H3/t12-/m0/s1. The quantitative estimate of drug-likeness (QED) is 0.699. The zero-order valence-electron chi connectivity index (χ0n) is 8.03. The first kappa shape index (κ1) is 10.0. The third-order valence-corrected chi connectivity index (χ3v) is 2.07. The molecule has 0 heterocycles. The van der Waals surface area contributed by atoms with Crippen LogP contribution < -0.4 is 0 Å². The van der Waals surface area contributed by atoms with Gasteiger partial charge in [0.2, 0.25) is 0 Å². The third kappa shape index (κ3) is 2.71. The van der Waals surface area contributed by atoms with E-state index in [1.165, 1.54) is 0 Å². The van der Waals surface area contributed by atoms with E-state index in [0.29, 0.717) is 0 Å². The molecule has 0 aliphatic rings. The van der Waals surface area contributed by atoms with Crippen LogP contribution in [-0.4, -0.2) is 5.11 Å². The van der Waals surface area contributed by atoms with Gasteiger partial charge in [0.25, 0.3) is 0 Å². The first-order valence-corrected chi connectivity index (χ1v) is 4.66. The van der Waals surface area contributed by atoms with Crippen LogP contribution >= 0.6 is 0 Å². The van der Waals surface area contributed by atoms with Gasteiger partial charge in [0.05, 0.1) is 6.10 Å². The van der Waals surface area contributed by atoms with E-state index in [4.69, 9.17) is 0 Å². The minimum absolute atomic E-state index is 0.499. The second-order valence-electron chi connectivity index (χ2n) is 3.22. The van der Waals surface area contributed by atoms with Crippen molar-refractivity contribution < 1.29 is 5.11 Å². The maximum absolute atomic E-state index is 9.82. The summed E-state index contributed by atoms with van der Waals surface area (Å²) in [6, 6.07) is 9.64. The molecule has 0 saturated carbocycles. The van der Waals surface area contributed by atoms with Crippen molar-refractivity contribution in [3.63, 3.8) is 0 Å². The summed E-state index contributed by atoms with van der Waals surface area (Å²) in [6.07, 6.45) is 1.42. The highest BCUT2D eigenvalue weighted by molar-refractivity contribution is 5.24. The molecular formula is C12H16O. The molecule has 1 N–H and O–H groups in total. The summed E-state index contributed by atoms with van der Waals surface area (Å²) in [5, 5.41) is 9.82. The SMILES string of the molecule is C=C(CCC)[C@H](O)c1ccccc1. The Bertz CT molecular complexity index is 264. The van der Waals surface area contributed by atoms with Gasteiger partial charge in [-0.3, -0.25) is 0 Å². The summed E-state index contributed by atoms with van der Waals surface area (Å²) < 4.78 is 0. The normalized spacial score (nSPS) is 12.5. The van der Waals surface area contributed by atoms with Crippen molar-refractivity contribution in [1.29, 1.82) is 0 Å². The van der Waals surface area contributed by atoms with Crippen LogP contribution in [0.15, 0.2) is 42.5 Å². The summed E-state index contributed by atoms with van der Waals surface area (Å²) in [5.74, 6) is 0. The summed E-state index contributed by atoms with van der Waals surface area (Å²) in [6.45, 7) is 5.96. The average molecular weight is 176 g/mol. The first-order valence-electron chi connectivity index (χ1n) is 4.66. The van der Waals surface area contributed by atoms with Crippen LogP contribution in [0.1, 0.15) is 31.4 Å². The molecule has 0 spiro atoms. The van der Waals surface area contributed by atoms with E-state index in [1.54, 1.807) is 0 Å². The molecule has 0 aliphatic heterocycles. The lowest BCUT2D eigenvalue weighted by atomic mass is 10.00. The van der Waals surface area contributed by atoms with Crippen molar-refractivity contribution in [2.75, 3.05) is 0 Å². The van der Waals surface area contributed by atoms with E-state index < -0.39 is 6.10 Å². The fourth-order valence-corrected chi connectivity index (χ4v) is 1.33. The van der Waals surface area contributed by atoms with E-state index >= 15 is 0 Å². The van der Waals surface area contributed by atoms with Crippen molar-refractivity contribution in [3.05, 3.63) is 48.0 Å². The number of aliphatic hydroxyl groups is 1. The van der Waals surface area contributed by atoms with E-state index in [0.717, 1.165) is 24.0 Å². The first-order chi connectivity index (χ1) is 6.25. The summed E-state index contributed by atoms with van der Waals surface area (Å²) in [4.78, 5) is 0. The highest BCUT2D eigenvalue weighted by atomic mass is 16.3. The van der Waals surface area contributed by atoms with Gasteiger partial charge in [-0.1, -0.05) is 50.3 Å². The molecule has 0 aliphatic carbocycles. The van der Waals surface area contributed by atoms with Gasteiger partial charge in [-0.25, -0.2) is 0 Å². The van der Waals surface area contributed by atoms with E-state index in [-0.39, 0.29) is 0 Å². The van der Waals surface area contributed by atoms with Crippen molar-refractivity contribution >= 4 is 0 Å². The Balaban J connectivity index is 2.68. The second-order valence-corrected chi connectivity index (χ2v) is 3.22. The number of rotatable bonds is 4. The van der Waals surface area contributed by atoms with Crippen LogP contribution in [0.5, 0.6) is 0 Å². The molecule has 70 valence electrons. The Morgan fingerprint density at radius 1 is 1.38 bits per heavy atom. The molecule has 0 radical (unpaired) electrons. The van der Waals surface area contributed by atoms with Gasteiger partial charge in [0.15, 0.2) is 0 Å². The molecule has 0 fully saturated rings. The fraction of sp³-hybridized carbons (Fsp3) is 0.333. The van der Waals surface area contributed by atoms with Gasteiger partial charge < -0.3 is 5.11 Å². The molecular weight excluding hydrogens is 160 g/mol. The molecule has 1 nitrogen and oxygen atoms in total. The van der Waals surface area contributed by atoms with Crippen LogP contribution in [0.2, 0.25) is 0 Å². The lowest BCUT2D eigenvalue weighted by Crippen LogP contribution is -1.99. The topological polar surface area (TPSA) is 20.2 Å². The Labute approximate surface area is 79.7 Å². The summed E-state index contributed by atoms with van der Waals surface area (Å²) in [7, 11) is 0. The molecule has 0 aromatic heterocycles. The van der Waals surface area contributed by atoms with Crippen molar-refractivity contribution in [2.45, 2.75) is 25.9 Å². The lowest BCUT2D eigenvalue weighted by Gasteiger charge is -2.12. The van der Waals surface area contributed by atoms with Crippen LogP contribution in [-0.2, 0) is 0 Å². The van der Waals surface area contributed by atoms with Crippen LogP contribution in [0, 0.1) is 0 Å². The summed E-state index contributed by atoms with van der Waals surface area (Å²) >= 11 is 0. The van der Waals surface area contributed by atoms with Gasteiger partial charge in [0, 0.05) is 0 Å². The predicted molar refractivity (Wildman–Crippen MR) is 55.4 cm³/mol. The average Bonchev–Trinajstić information content (AvgIpc) is 2.18. The Morgan fingerprint density at radius 2 is 2.00 bits per heavy atom. The van der Waals surface area contributed by atoms with Crippen molar-refractivity contribution in [1.82, 2.24) is 0 Å². The Kier molecular flexibility index (Phi) is 3.71. The third-order valence-electron chi connectivity index (χ3n) is 2.07. The molecule has 1 atom stereocenters. The monoisotopic (exact) mass is 176 g/mol. The van der Waals surface area contributed by atoms with Gasteiger partial charge in [-0.15, -0.1) is 0 Å². The van der Waals surface area contributed by atoms with Crippen molar-refractivity contribution in [2.24, 2.45) is 0 Å². The number of hydrogen-bond acceptors (Lipinski definition) is 1. The smallest absolute Gasteiger partial charge is 0.0998 e. The van der Waals surface area contributed by atoms with Crippen LogP contribution in [0.25, 0.3) is 0 Å². The zero-order chi connectivity index (χ0) is 9.68. The predicted octanol–water partition coefficient (Wildman–Crippen LogP) is 3.08. The molecule has 0 amide bonds. The lowest BCUT2D eigenvalue weighted by molar-refractivity contribution is 0.211. The van der Waals surface area contributed by atoms with Crippen molar-refractivity contribution in [3.8, 4) is 0 Å². The minimum Gasteiger partial charge on any atom is -0.384 e. The maximum atomic E-state index is 9.82. The van der Waals surface area contributed by atoms with Gasteiger partial charge in [-0.2, -0.15) is 0 Å². The Morgan fingerprint density at radius 3 is 2.54 bits per heavy atom. The van der Waals surface area contributed by atoms with Gasteiger partial charge in [-0.05, 0) is 17.6 Å². The number of hydrogen-bond donors (Lipinski definition) is 1. The Hall–Kier alpha value is -1.08.